The molecule has 0 radical (unpaired) electrons. The molecule has 1 atom stereocenters. The molecule has 144 valence electrons. The van der Waals surface area contributed by atoms with Crippen LogP contribution in [-0.4, -0.2) is 35.0 Å². The van der Waals surface area contributed by atoms with E-state index in [-0.39, 0.29) is 17.7 Å². The highest BCUT2D eigenvalue weighted by atomic mass is 35.5. The molecule has 0 bridgehead atoms. The van der Waals surface area contributed by atoms with Crippen LogP contribution in [0.1, 0.15) is 44.3 Å². The van der Waals surface area contributed by atoms with Crippen molar-refractivity contribution in [2.45, 2.75) is 39.0 Å². The number of nitrogens with zero attached hydrogens (tertiary/aromatic N) is 3. The van der Waals surface area contributed by atoms with Gasteiger partial charge in [-0.25, -0.2) is 0 Å². The average molecular weight is 391 g/mol. The van der Waals surface area contributed by atoms with Gasteiger partial charge in [-0.1, -0.05) is 30.6 Å². The normalized spacial score (nSPS) is 17.0. The van der Waals surface area contributed by atoms with E-state index >= 15 is 0 Å². The first-order valence-electron chi connectivity index (χ1n) is 9.13. The summed E-state index contributed by atoms with van der Waals surface area (Å²) < 4.78 is 5.18. The second-order valence-electron chi connectivity index (χ2n) is 6.90. The molecular formula is C19H23ClN4O3. The number of hydrogen-bond acceptors (Lipinski definition) is 5. The molecule has 1 unspecified atom stereocenters. The summed E-state index contributed by atoms with van der Waals surface area (Å²) in [6, 6.07) is 7.05. The molecular weight excluding hydrogens is 368 g/mol. The first-order valence-corrected chi connectivity index (χ1v) is 9.50. The summed E-state index contributed by atoms with van der Waals surface area (Å²) >= 11 is 5.88. The van der Waals surface area contributed by atoms with Crippen LogP contribution in [0.15, 0.2) is 28.8 Å². The minimum absolute atomic E-state index is 0.173. The van der Waals surface area contributed by atoms with Gasteiger partial charge in [0.05, 0.1) is 0 Å². The van der Waals surface area contributed by atoms with Crippen LogP contribution < -0.4 is 10.2 Å². The van der Waals surface area contributed by atoms with Crippen LogP contribution in [-0.2, 0) is 16.0 Å². The van der Waals surface area contributed by atoms with Gasteiger partial charge in [0, 0.05) is 36.1 Å². The van der Waals surface area contributed by atoms with E-state index in [9.17, 15) is 9.59 Å². The number of halogens is 1. The van der Waals surface area contributed by atoms with Crippen molar-refractivity contribution < 1.29 is 14.1 Å². The highest BCUT2D eigenvalue weighted by molar-refractivity contribution is 6.30. The molecule has 1 aliphatic heterocycles. The Morgan fingerprint density at radius 1 is 1.37 bits per heavy atom. The maximum absolute atomic E-state index is 12.6. The van der Waals surface area contributed by atoms with Crippen LogP contribution in [0.3, 0.4) is 0 Å². The second kappa shape index (κ2) is 8.52. The van der Waals surface area contributed by atoms with Crippen molar-refractivity contribution in [1.29, 1.82) is 0 Å². The zero-order valence-corrected chi connectivity index (χ0v) is 16.2. The fraction of sp³-hybridized carbons (Fsp3) is 0.474. The van der Waals surface area contributed by atoms with E-state index < -0.39 is 5.92 Å². The largest absolute Gasteiger partial charge is 0.355 e. The number of carbonyl (C=O) groups excluding carboxylic acids is 2. The van der Waals surface area contributed by atoms with E-state index in [1.54, 1.807) is 29.2 Å². The van der Waals surface area contributed by atoms with Crippen molar-refractivity contribution in [1.82, 2.24) is 15.5 Å². The zero-order valence-electron chi connectivity index (χ0n) is 15.4. The van der Waals surface area contributed by atoms with Gasteiger partial charge in [0.15, 0.2) is 5.82 Å². The minimum atomic E-state index is -0.642. The monoisotopic (exact) mass is 390 g/mol. The number of anilines is 1. The number of carbonyl (C=O) groups is 2. The third kappa shape index (κ3) is 4.66. The van der Waals surface area contributed by atoms with Gasteiger partial charge in [-0.05, 0) is 37.1 Å². The van der Waals surface area contributed by atoms with Crippen molar-refractivity contribution in [2.24, 2.45) is 5.92 Å². The SMILES string of the molecule is CC(C)c1noc(CCCNC(=O)C2CCN(c3ccc(Cl)cc3)C2=O)n1. The van der Waals surface area contributed by atoms with E-state index in [0.717, 1.165) is 5.69 Å². The van der Waals surface area contributed by atoms with E-state index in [1.165, 1.54) is 0 Å². The molecule has 1 aliphatic rings. The first kappa shape index (κ1) is 19.4. The Morgan fingerprint density at radius 2 is 2.11 bits per heavy atom. The summed E-state index contributed by atoms with van der Waals surface area (Å²) in [4.78, 5) is 30.8. The predicted octanol–water partition coefficient (Wildman–Crippen LogP) is 2.95. The van der Waals surface area contributed by atoms with Crippen LogP contribution in [0.4, 0.5) is 5.69 Å². The quantitative estimate of drug-likeness (QED) is 0.580. The summed E-state index contributed by atoms with van der Waals surface area (Å²) in [7, 11) is 0. The van der Waals surface area contributed by atoms with Crippen molar-refractivity contribution in [2.75, 3.05) is 18.0 Å². The number of rotatable bonds is 7. The van der Waals surface area contributed by atoms with E-state index in [1.807, 2.05) is 13.8 Å². The third-order valence-electron chi connectivity index (χ3n) is 4.53. The Labute approximate surface area is 163 Å². The molecule has 0 spiro atoms. The van der Waals surface area contributed by atoms with Crippen LogP contribution >= 0.6 is 11.6 Å². The van der Waals surface area contributed by atoms with E-state index in [4.69, 9.17) is 16.1 Å². The number of aromatic nitrogens is 2. The number of nitrogens with one attached hydrogen (secondary N) is 1. The molecule has 2 heterocycles. The highest BCUT2D eigenvalue weighted by Crippen LogP contribution is 2.26. The smallest absolute Gasteiger partial charge is 0.239 e. The van der Waals surface area contributed by atoms with E-state index in [2.05, 4.69) is 15.5 Å². The topological polar surface area (TPSA) is 88.3 Å². The average Bonchev–Trinajstić information content (AvgIpc) is 3.26. The van der Waals surface area contributed by atoms with Crippen LogP contribution in [0.25, 0.3) is 0 Å². The Balaban J connectivity index is 1.45. The summed E-state index contributed by atoms with van der Waals surface area (Å²) in [6.07, 6.45) is 1.78. The van der Waals surface area contributed by atoms with Crippen LogP contribution in [0.5, 0.6) is 0 Å². The maximum Gasteiger partial charge on any atom is 0.239 e. The molecule has 8 heteroatoms. The van der Waals surface area contributed by atoms with Crippen molar-refractivity contribution in [3.05, 3.63) is 41.0 Å². The van der Waals surface area contributed by atoms with Gasteiger partial charge in [-0.3, -0.25) is 9.59 Å². The number of aryl methyl sites for hydroxylation is 1. The van der Waals surface area contributed by atoms with Crippen molar-refractivity contribution >= 4 is 29.1 Å². The Kier molecular flexibility index (Phi) is 6.11. The molecule has 2 amide bonds. The number of amides is 2. The molecule has 1 saturated heterocycles. The summed E-state index contributed by atoms with van der Waals surface area (Å²) in [6.45, 7) is 4.99. The Bertz CT molecular complexity index is 804. The fourth-order valence-corrected chi connectivity index (χ4v) is 3.11. The molecule has 1 fully saturated rings. The maximum atomic E-state index is 12.6. The molecule has 3 rings (SSSR count). The lowest BCUT2D eigenvalue weighted by atomic mass is 10.1. The molecule has 7 nitrogen and oxygen atoms in total. The summed E-state index contributed by atoms with van der Waals surface area (Å²) in [5.74, 6) is 0.431. The predicted molar refractivity (Wildman–Crippen MR) is 102 cm³/mol. The fourth-order valence-electron chi connectivity index (χ4n) is 2.98. The van der Waals surface area contributed by atoms with Crippen LogP contribution in [0, 0.1) is 5.92 Å². The summed E-state index contributed by atoms with van der Waals surface area (Å²) in [5.41, 5.74) is 0.761. The molecule has 1 aromatic carbocycles. The lowest BCUT2D eigenvalue weighted by Gasteiger charge is -2.16. The lowest BCUT2D eigenvalue weighted by Crippen LogP contribution is -2.37. The van der Waals surface area contributed by atoms with Gasteiger partial charge in [0.1, 0.15) is 5.92 Å². The molecule has 0 saturated carbocycles. The Hall–Kier alpha value is -2.41. The van der Waals surface area contributed by atoms with Gasteiger partial charge in [0.2, 0.25) is 17.7 Å². The molecule has 1 aromatic heterocycles. The van der Waals surface area contributed by atoms with Crippen molar-refractivity contribution in [3.8, 4) is 0 Å². The zero-order chi connectivity index (χ0) is 19.4. The van der Waals surface area contributed by atoms with Gasteiger partial charge >= 0.3 is 0 Å². The standard InChI is InChI=1S/C19H23ClN4O3/c1-12(2)17-22-16(27-23-17)4-3-10-21-18(25)15-9-11-24(19(15)26)14-7-5-13(20)6-8-14/h5-8,12,15H,3-4,9-11H2,1-2H3,(H,21,25). The highest BCUT2D eigenvalue weighted by Gasteiger charge is 2.37. The third-order valence-corrected chi connectivity index (χ3v) is 4.78. The molecule has 1 N–H and O–H groups in total. The van der Waals surface area contributed by atoms with Crippen LogP contribution in [0.2, 0.25) is 5.02 Å². The van der Waals surface area contributed by atoms with Gasteiger partial charge in [0.25, 0.3) is 0 Å². The second-order valence-corrected chi connectivity index (χ2v) is 7.34. The number of hydrogen-bond donors (Lipinski definition) is 1. The summed E-state index contributed by atoms with van der Waals surface area (Å²) in [5, 5.41) is 7.36. The molecule has 0 aliphatic carbocycles. The Morgan fingerprint density at radius 3 is 2.78 bits per heavy atom. The first-order chi connectivity index (χ1) is 13.0. The number of benzene rings is 1. The van der Waals surface area contributed by atoms with Gasteiger partial charge in [-0.15, -0.1) is 0 Å². The molecule has 2 aromatic rings. The van der Waals surface area contributed by atoms with E-state index in [0.29, 0.717) is 49.1 Å². The lowest BCUT2D eigenvalue weighted by molar-refractivity contribution is -0.132. The molecule has 27 heavy (non-hydrogen) atoms. The van der Waals surface area contributed by atoms with Gasteiger partial charge < -0.3 is 14.7 Å². The van der Waals surface area contributed by atoms with Crippen molar-refractivity contribution in [3.63, 3.8) is 0 Å². The minimum Gasteiger partial charge on any atom is -0.355 e. The van der Waals surface area contributed by atoms with Gasteiger partial charge in [-0.2, -0.15) is 4.98 Å².